The summed E-state index contributed by atoms with van der Waals surface area (Å²) in [6, 6.07) is 14.9. The number of carbonyl (C=O) groups excluding carboxylic acids is 2. The number of carbonyl (C=O) groups is 2. The second-order valence-electron chi connectivity index (χ2n) is 6.33. The first-order valence-corrected chi connectivity index (χ1v) is 8.68. The quantitative estimate of drug-likeness (QED) is 0.782. The monoisotopic (exact) mass is 357 g/mol. The number of esters is 1. The van der Waals surface area contributed by atoms with Gasteiger partial charge in [-0.05, 0) is 49.6 Å². The first-order valence-electron chi connectivity index (χ1n) is 8.30. The van der Waals surface area contributed by atoms with Gasteiger partial charge in [-0.1, -0.05) is 41.9 Å². The van der Waals surface area contributed by atoms with Crippen LogP contribution in [0.15, 0.2) is 48.5 Å². The fourth-order valence-corrected chi connectivity index (χ4v) is 3.28. The van der Waals surface area contributed by atoms with Crippen LogP contribution in [0.4, 0.5) is 5.69 Å². The van der Waals surface area contributed by atoms with E-state index in [4.69, 9.17) is 16.3 Å². The Labute approximate surface area is 152 Å². The van der Waals surface area contributed by atoms with Crippen LogP contribution in [0.25, 0.3) is 0 Å². The van der Waals surface area contributed by atoms with Crippen LogP contribution in [-0.4, -0.2) is 24.0 Å². The van der Waals surface area contributed by atoms with Crippen LogP contribution in [0, 0.1) is 0 Å². The first kappa shape index (κ1) is 17.5. The Morgan fingerprint density at radius 2 is 1.88 bits per heavy atom. The molecule has 3 rings (SSSR count). The number of hydrogen-bond acceptors (Lipinski definition) is 3. The molecule has 0 unspecified atom stereocenters. The maximum atomic E-state index is 12.8. The van der Waals surface area contributed by atoms with Gasteiger partial charge in [0, 0.05) is 16.8 Å². The smallest absolute Gasteiger partial charge is 0.311 e. The average Bonchev–Trinajstić information content (AvgIpc) is 2.91. The van der Waals surface area contributed by atoms with Crippen molar-refractivity contribution in [3.8, 4) is 0 Å². The second-order valence-corrected chi connectivity index (χ2v) is 6.76. The Bertz CT molecular complexity index is 788. The van der Waals surface area contributed by atoms with E-state index in [0.717, 1.165) is 23.2 Å². The van der Waals surface area contributed by atoms with Gasteiger partial charge in [-0.3, -0.25) is 9.59 Å². The molecule has 0 aromatic heterocycles. The number of anilines is 1. The number of ether oxygens (including phenoxy) is 1. The van der Waals surface area contributed by atoms with Gasteiger partial charge in [0.1, 0.15) is 0 Å². The third-order valence-corrected chi connectivity index (χ3v) is 4.61. The van der Waals surface area contributed by atoms with Crippen LogP contribution >= 0.6 is 11.6 Å². The van der Waals surface area contributed by atoms with Gasteiger partial charge in [0.05, 0.1) is 6.42 Å². The van der Waals surface area contributed by atoms with Crippen molar-refractivity contribution in [1.29, 1.82) is 0 Å². The maximum absolute atomic E-state index is 12.8. The molecule has 0 spiro atoms. The van der Waals surface area contributed by atoms with Gasteiger partial charge in [-0.15, -0.1) is 0 Å². The number of halogens is 1. The van der Waals surface area contributed by atoms with Crippen molar-refractivity contribution in [2.75, 3.05) is 4.90 Å². The molecule has 1 amide bonds. The molecule has 0 saturated heterocycles. The van der Waals surface area contributed by atoms with Crippen LogP contribution in [0.5, 0.6) is 0 Å². The predicted octanol–water partition coefficient (Wildman–Crippen LogP) is 3.79. The zero-order valence-corrected chi connectivity index (χ0v) is 15.0. The third kappa shape index (κ3) is 3.85. The second kappa shape index (κ2) is 7.28. The number of amides is 1. The van der Waals surface area contributed by atoms with E-state index in [-0.39, 0.29) is 18.4 Å². The minimum Gasteiger partial charge on any atom is -0.452 e. The lowest BCUT2D eigenvalue weighted by Crippen LogP contribution is -2.43. The van der Waals surface area contributed by atoms with Crippen molar-refractivity contribution >= 4 is 29.2 Å². The minimum atomic E-state index is -0.826. The molecular formula is C20H20ClNO3. The first-order chi connectivity index (χ1) is 12.0. The van der Waals surface area contributed by atoms with Gasteiger partial charge in [0.2, 0.25) is 0 Å². The fraction of sp³-hybridized carbons (Fsp3) is 0.300. The van der Waals surface area contributed by atoms with Crippen molar-refractivity contribution in [1.82, 2.24) is 0 Å². The zero-order chi connectivity index (χ0) is 18.0. The number of fused-ring (bicyclic) bond motifs is 1. The van der Waals surface area contributed by atoms with Crippen molar-refractivity contribution in [3.05, 3.63) is 64.7 Å². The molecule has 1 aliphatic rings. The van der Waals surface area contributed by atoms with E-state index in [0.29, 0.717) is 5.02 Å². The number of nitrogens with zero attached hydrogens (tertiary/aromatic N) is 1. The van der Waals surface area contributed by atoms with Crippen molar-refractivity contribution in [2.45, 2.75) is 38.8 Å². The zero-order valence-electron chi connectivity index (χ0n) is 14.2. The molecule has 0 fully saturated rings. The molecule has 0 saturated carbocycles. The van der Waals surface area contributed by atoms with Crippen LogP contribution < -0.4 is 4.90 Å². The SMILES string of the molecule is C[C@@H](OC(=O)Cc1ccc(Cl)cc1)C(=O)N1c2ccccc2C[C@@H]1C. The summed E-state index contributed by atoms with van der Waals surface area (Å²) < 4.78 is 5.36. The molecule has 2 aromatic rings. The Morgan fingerprint density at radius 1 is 1.20 bits per heavy atom. The highest BCUT2D eigenvalue weighted by molar-refractivity contribution is 6.30. The molecule has 130 valence electrons. The largest absolute Gasteiger partial charge is 0.452 e. The number of hydrogen-bond donors (Lipinski definition) is 0. The van der Waals surface area contributed by atoms with Gasteiger partial charge in [-0.2, -0.15) is 0 Å². The predicted molar refractivity (Wildman–Crippen MR) is 97.8 cm³/mol. The number of benzene rings is 2. The Kier molecular flexibility index (Phi) is 5.09. The maximum Gasteiger partial charge on any atom is 0.311 e. The average molecular weight is 358 g/mol. The van der Waals surface area contributed by atoms with E-state index in [1.54, 1.807) is 36.1 Å². The molecule has 25 heavy (non-hydrogen) atoms. The fourth-order valence-electron chi connectivity index (χ4n) is 3.16. The van der Waals surface area contributed by atoms with Crippen LogP contribution in [0.1, 0.15) is 25.0 Å². The van der Waals surface area contributed by atoms with Crippen LogP contribution in [-0.2, 0) is 27.2 Å². The molecular weight excluding hydrogens is 338 g/mol. The van der Waals surface area contributed by atoms with E-state index < -0.39 is 12.1 Å². The summed E-state index contributed by atoms with van der Waals surface area (Å²) in [4.78, 5) is 26.6. The summed E-state index contributed by atoms with van der Waals surface area (Å²) in [7, 11) is 0. The van der Waals surface area contributed by atoms with Crippen LogP contribution in [0.3, 0.4) is 0 Å². The van der Waals surface area contributed by atoms with E-state index in [1.165, 1.54) is 0 Å². The highest BCUT2D eigenvalue weighted by Gasteiger charge is 2.34. The van der Waals surface area contributed by atoms with E-state index in [9.17, 15) is 9.59 Å². The minimum absolute atomic E-state index is 0.0577. The number of para-hydroxylation sites is 1. The summed E-state index contributed by atoms with van der Waals surface area (Å²) in [6.07, 6.45) is 0.0993. The third-order valence-electron chi connectivity index (χ3n) is 4.36. The molecule has 2 atom stereocenters. The van der Waals surface area contributed by atoms with Gasteiger partial charge in [0.25, 0.3) is 5.91 Å². The Balaban J connectivity index is 1.64. The molecule has 0 N–H and O–H groups in total. The molecule has 1 heterocycles. The summed E-state index contributed by atoms with van der Waals surface area (Å²) in [5.41, 5.74) is 2.84. The summed E-state index contributed by atoms with van der Waals surface area (Å²) in [5.74, 6) is -0.620. The summed E-state index contributed by atoms with van der Waals surface area (Å²) in [5, 5.41) is 0.613. The standard InChI is InChI=1S/C20H20ClNO3/c1-13-11-16-5-3-4-6-18(16)22(13)20(24)14(2)25-19(23)12-15-7-9-17(21)10-8-15/h3-10,13-14H,11-12H2,1-2H3/t13-,14+/m0/s1. The molecule has 0 aliphatic carbocycles. The van der Waals surface area contributed by atoms with Crippen molar-refractivity contribution in [3.63, 3.8) is 0 Å². The normalized spacial score (nSPS) is 17.1. The van der Waals surface area contributed by atoms with Crippen LogP contribution in [0.2, 0.25) is 5.02 Å². The topological polar surface area (TPSA) is 46.6 Å². The summed E-state index contributed by atoms with van der Waals surface area (Å²) in [6.45, 7) is 3.62. The van der Waals surface area contributed by atoms with Gasteiger partial charge >= 0.3 is 5.97 Å². The molecule has 4 nitrogen and oxygen atoms in total. The van der Waals surface area contributed by atoms with Crippen molar-refractivity contribution < 1.29 is 14.3 Å². The molecule has 0 bridgehead atoms. The number of rotatable bonds is 4. The van der Waals surface area contributed by atoms with E-state index >= 15 is 0 Å². The highest BCUT2D eigenvalue weighted by atomic mass is 35.5. The van der Waals surface area contributed by atoms with E-state index in [2.05, 4.69) is 0 Å². The molecule has 5 heteroatoms. The lowest BCUT2D eigenvalue weighted by atomic mass is 10.1. The highest BCUT2D eigenvalue weighted by Crippen LogP contribution is 2.32. The van der Waals surface area contributed by atoms with Crippen molar-refractivity contribution in [2.24, 2.45) is 0 Å². The van der Waals surface area contributed by atoms with Gasteiger partial charge < -0.3 is 9.64 Å². The Hall–Kier alpha value is -2.33. The lowest BCUT2D eigenvalue weighted by molar-refractivity contribution is -0.153. The van der Waals surface area contributed by atoms with E-state index in [1.807, 2.05) is 31.2 Å². The molecule has 2 aromatic carbocycles. The Morgan fingerprint density at radius 3 is 2.60 bits per heavy atom. The van der Waals surface area contributed by atoms with Gasteiger partial charge in [0.15, 0.2) is 6.10 Å². The lowest BCUT2D eigenvalue weighted by Gasteiger charge is -2.26. The summed E-state index contributed by atoms with van der Waals surface area (Å²) >= 11 is 5.84. The molecule has 1 aliphatic heterocycles. The van der Waals surface area contributed by atoms with Gasteiger partial charge in [-0.25, -0.2) is 0 Å². The molecule has 0 radical (unpaired) electrons.